The SMILES string of the molecule is [2H]C([2H])([2H])Cc1ccc(-c2ccc(C([2H])([2H])[2H])c[n+]2C)c(C)c1.[2H]C([2H])([2H])c1ccc(-c2ccc(C([2H])(C)C([2H])([2H])[2H])c[n+]2C)c(C)c1.[2H]C([2H])([2H])c1ccc(-c2ccc(C([2H])(C)C([2H])([2H])[2H])cc2C)[n+](C)c1.[2H]C([2H])([2H])c1ccc(-c2ccc(C([2H])([2H])C)c[n+]2C)c(C)c1.[2H]C([2H])([2H])c1ccc(-c2ccc(C([2H])([2H])[2H])c[n+]2C)c(C)c1. The van der Waals surface area contributed by atoms with Crippen LogP contribution in [0.5, 0.6) is 0 Å². The molecule has 0 spiro atoms. The molecule has 0 fully saturated rings. The lowest BCUT2D eigenvalue weighted by atomic mass is 9.96. The normalized spacial score (nSPS) is 18.9. The van der Waals surface area contributed by atoms with E-state index >= 15 is 0 Å². The van der Waals surface area contributed by atoms with Gasteiger partial charge in [0.25, 0.3) is 0 Å². The van der Waals surface area contributed by atoms with Crippen molar-refractivity contribution in [2.75, 3.05) is 0 Å². The molecule has 2 atom stereocenters. The molecule has 0 aliphatic heterocycles. The Morgan fingerprint density at radius 2 is 0.663 bits per heavy atom. The Balaban J connectivity index is 0.000000227. The van der Waals surface area contributed by atoms with Gasteiger partial charge in [-0.2, -0.15) is 0 Å². The summed E-state index contributed by atoms with van der Waals surface area (Å²) in [6, 6.07) is 43.0. The first-order valence-corrected chi connectivity index (χ1v) is 28.0. The van der Waals surface area contributed by atoms with Gasteiger partial charge in [-0.3, -0.25) is 0 Å². The fourth-order valence-corrected chi connectivity index (χ4v) is 9.97. The highest BCUT2D eigenvalue weighted by molar-refractivity contribution is 5.65. The lowest BCUT2D eigenvalue weighted by Gasteiger charge is -2.10. The third kappa shape index (κ3) is 18.0. The third-order valence-electron chi connectivity index (χ3n) is 14.6. The van der Waals surface area contributed by atoms with E-state index in [2.05, 4.69) is 0 Å². The molecule has 2 unspecified atom stereocenters. The quantitative estimate of drug-likeness (QED) is 0.128. The van der Waals surface area contributed by atoms with Crippen molar-refractivity contribution in [3.05, 3.63) is 266 Å². The maximum absolute atomic E-state index is 8.20. The van der Waals surface area contributed by atoms with Crippen molar-refractivity contribution >= 4 is 0 Å². The number of aromatic nitrogens is 5. The second kappa shape index (κ2) is 30.8. The zero-order chi connectivity index (χ0) is 89.2. The van der Waals surface area contributed by atoms with Crippen LogP contribution in [-0.2, 0) is 48.0 Å². The summed E-state index contributed by atoms with van der Waals surface area (Å²) in [5.74, 6) is -3.40. The summed E-state index contributed by atoms with van der Waals surface area (Å²) in [5.41, 5.74) is 17.1. The molecule has 0 bridgehead atoms. The molecule has 5 heteroatoms. The van der Waals surface area contributed by atoms with E-state index in [0.29, 0.717) is 33.4 Å². The second-order valence-electron chi connectivity index (χ2n) is 21.5. The molecule has 0 amide bonds. The van der Waals surface area contributed by atoms with E-state index in [1.807, 2.05) is 76.6 Å². The van der Waals surface area contributed by atoms with Gasteiger partial charge in [-0.1, -0.05) is 119 Å². The van der Waals surface area contributed by atoms with Crippen molar-refractivity contribution in [3.8, 4) is 56.3 Å². The van der Waals surface area contributed by atoms with Crippen molar-refractivity contribution in [1.82, 2.24) is 0 Å². The number of benzene rings is 5. The average Bonchev–Trinajstić information content (AvgIpc) is 0.791. The molecule has 5 nitrogen and oxygen atoms in total. The molecule has 0 N–H and O–H groups in total. The standard InChI is InChI=1S/2C17H22N.2C16H20N.C15H18N/c1-12(2)15-7-8-16(14(4)10-15)17-9-6-13(3)11-18(17)5;1-12(2)15-7-9-17(18(5)11-15)16-8-6-13(3)10-14(16)4;1-5-14-7-8-15(13(3)10-14)16-9-6-12(2)11-17(16)4;1-5-14-7-9-16(17(4)11-14)15-8-6-12(2)10-13(15)3;1-11-5-7-14(13(3)9-11)15-8-6-12(2)10-16(15)4/h2*6-12H,1-5H3;2*6-11H,5H2,1-4H3;5-10H,1-4H3/q5*+1/i2*1D3,3D3,12D;1D3,2D3;2D3,5D2;1D3,2D3. The number of hydrogen-bond donors (Lipinski definition) is 0. The topological polar surface area (TPSA) is 19.4 Å². The minimum absolute atomic E-state index is 0.0399. The highest BCUT2D eigenvalue weighted by Crippen LogP contribution is 2.28. The smallest absolute Gasteiger partial charge is 0.201 e. The molecule has 5 aromatic heterocycles. The number of hydrogen-bond acceptors (Lipinski definition) is 0. The van der Waals surface area contributed by atoms with Crippen LogP contribution in [0.15, 0.2) is 183 Å². The zero-order valence-electron chi connectivity index (χ0n) is 82.8. The number of nitrogens with zero attached hydrogens (tertiary/aromatic N) is 5. The lowest BCUT2D eigenvalue weighted by molar-refractivity contribution is -0.661. The van der Waals surface area contributed by atoms with Crippen LogP contribution in [-0.4, -0.2) is 0 Å². The molecule has 10 aromatic rings. The summed E-state index contributed by atoms with van der Waals surface area (Å²) >= 11 is 0. The van der Waals surface area contributed by atoms with E-state index in [4.69, 9.17) is 42.5 Å². The van der Waals surface area contributed by atoms with Gasteiger partial charge < -0.3 is 0 Å². The van der Waals surface area contributed by atoms with E-state index < -0.39 is 79.8 Å². The average molecular weight is 1180 g/mol. The first-order chi connectivity index (χ1) is 53.0. The van der Waals surface area contributed by atoms with Crippen LogP contribution in [0.4, 0.5) is 0 Å². The maximum Gasteiger partial charge on any atom is 0.212 e. The second-order valence-corrected chi connectivity index (χ2v) is 21.5. The molecule has 0 saturated heterocycles. The van der Waals surface area contributed by atoms with Gasteiger partial charge in [-0.15, -0.1) is 0 Å². The number of rotatable bonds is 9. The van der Waals surface area contributed by atoms with Crippen molar-refractivity contribution in [3.63, 3.8) is 0 Å². The van der Waals surface area contributed by atoms with Crippen LogP contribution < -0.4 is 22.8 Å². The van der Waals surface area contributed by atoms with Gasteiger partial charge in [0.15, 0.2) is 31.0 Å². The highest BCUT2D eigenvalue weighted by Gasteiger charge is 2.18. The fraction of sp³-hybridized carbons (Fsp3) is 0.321. The van der Waals surface area contributed by atoms with E-state index in [9.17, 15) is 0 Å². The molecule has 0 aliphatic carbocycles. The molecule has 0 aliphatic rings. The monoisotopic (exact) mass is 1180 g/mol. The van der Waals surface area contributed by atoms with E-state index in [1.54, 1.807) is 199 Å². The summed E-state index contributed by atoms with van der Waals surface area (Å²) in [6.07, 6.45) is 6.83. The Morgan fingerprint density at radius 3 is 1.00 bits per heavy atom. The van der Waals surface area contributed by atoms with Crippen LogP contribution in [0.3, 0.4) is 0 Å². The predicted molar refractivity (Wildman–Crippen MR) is 364 cm³/mol. The van der Waals surface area contributed by atoms with E-state index in [0.717, 1.165) is 89.7 Å². The van der Waals surface area contributed by atoms with Gasteiger partial charge in [0, 0.05) is 128 Å². The minimum atomic E-state index is -2.43. The molecule has 5 heterocycles. The molecule has 10 rings (SSSR count). The summed E-state index contributed by atoms with van der Waals surface area (Å²) in [4.78, 5) is 0. The van der Waals surface area contributed by atoms with Crippen molar-refractivity contribution < 1.29 is 65.3 Å². The Kier molecular flexibility index (Phi) is 12.7. The van der Waals surface area contributed by atoms with Gasteiger partial charge in [-0.25, -0.2) is 22.8 Å². The predicted octanol–water partition coefficient (Wildman–Crippen LogP) is 17.7. The van der Waals surface area contributed by atoms with E-state index in [1.165, 1.54) is 20.8 Å². The largest absolute Gasteiger partial charge is 0.212 e. The number of aryl methyl sites for hydroxylation is 18. The molecule has 86 heavy (non-hydrogen) atoms. The Labute approximate surface area is 563 Å². The zero-order valence-corrected chi connectivity index (χ0v) is 51.8. The van der Waals surface area contributed by atoms with Crippen LogP contribution >= 0.6 is 0 Å². The molecular formula is C81H102N5+5. The molecule has 0 saturated carbocycles. The Hall–Kier alpha value is -8.15. The van der Waals surface area contributed by atoms with Crippen molar-refractivity contribution in [1.29, 1.82) is 0 Å². The van der Waals surface area contributed by atoms with Crippen molar-refractivity contribution in [2.45, 2.75) is 142 Å². The van der Waals surface area contributed by atoms with Crippen LogP contribution in [0.2, 0.25) is 0 Å². The summed E-state index contributed by atoms with van der Waals surface area (Å²) in [7, 11) is 9.00. The molecule has 446 valence electrons. The molecule has 5 aromatic carbocycles. The first kappa shape index (κ1) is 35.5. The van der Waals surface area contributed by atoms with E-state index in [-0.39, 0.29) is 23.1 Å². The van der Waals surface area contributed by atoms with Gasteiger partial charge in [-0.05, 0) is 200 Å². The van der Waals surface area contributed by atoms with Gasteiger partial charge in [0.1, 0.15) is 35.2 Å². The third-order valence-corrected chi connectivity index (χ3v) is 14.6. The fourth-order valence-electron chi connectivity index (χ4n) is 9.97. The van der Waals surface area contributed by atoms with Crippen LogP contribution in [0.25, 0.3) is 56.3 Å². The first-order valence-electron chi connectivity index (χ1n) is 43.5. The van der Waals surface area contributed by atoms with Gasteiger partial charge in [0.2, 0.25) is 28.5 Å². The van der Waals surface area contributed by atoms with Gasteiger partial charge >= 0.3 is 0 Å². The minimum Gasteiger partial charge on any atom is -0.201 e. The van der Waals surface area contributed by atoms with Gasteiger partial charge in [0.05, 0.1) is 0 Å². The summed E-state index contributed by atoms with van der Waals surface area (Å²) in [6.45, 7) is -6.01. The molecule has 0 radical (unpaired) electrons. The highest BCUT2D eigenvalue weighted by atomic mass is 14.9. The Morgan fingerprint density at radius 1 is 0.349 bits per heavy atom. The lowest BCUT2D eigenvalue weighted by Crippen LogP contribution is -2.31. The summed E-state index contributed by atoms with van der Waals surface area (Å²) < 4.78 is 243. The van der Waals surface area contributed by atoms with Crippen molar-refractivity contribution in [2.24, 2.45) is 35.2 Å². The maximum atomic E-state index is 8.20. The number of pyridine rings is 5. The summed E-state index contributed by atoms with van der Waals surface area (Å²) in [5, 5.41) is 0. The van der Waals surface area contributed by atoms with Crippen LogP contribution in [0.1, 0.15) is 179 Å². The molecular weight excluding hydrogens is 1040 g/mol. The van der Waals surface area contributed by atoms with Crippen LogP contribution in [0, 0.1) is 75.7 Å². The Bertz CT molecular complexity index is 4800.